The first kappa shape index (κ1) is 11.0. The van der Waals surface area contributed by atoms with E-state index in [9.17, 15) is 5.21 Å². The summed E-state index contributed by atoms with van der Waals surface area (Å²) >= 11 is 0. The molecule has 0 amide bonds. The predicted octanol–water partition coefficient (Wildman–Crippen LogP) is 2.86. The van der Waals surface area contributed by atoms with E-state index < -0.39 is 5.60 Å². The van der Waals surface area contributed by atoms with Crippen LogP contribution in [0.5, 0.6) is 0 Å². The van der Waals surface area contributed by atoms with Crippen LogP contribution in [-0.2, 0) is 4.84 Å². The lowest BCUT2D eigenvalue weighted by Gasteiger charge is -2.35. The predicted molar refractivity (Wildman–Crippen MR) is 63.3 cm³/mol. The van der Waals surface area contributed by atoms with Gasteiger partial charge in [-0.2, -0.15) is 0 Å². The van der Waals surface area contributed by atoms with Crippen LogP contribution in [0.1, 0.15) is 38.7 Å². The molecule has 1 atom stereocenters. The van der Waals surface area contributed by atoms with Crippen molar-refractivity contribution in [3.8, 4) is 0 Å². The lowest BCUT2D eigenvalue weighted by Crippen LogP contribution is -2.40. The highest BCUT2D eigenvalue weighted by atomic mass is 16.9. The van der Waals surface area contributed by atoms with Crippen LogP contribution in [0.2, 0.25) is 0 Å². The maximum atomic E-state index is 11.7. The second kappa shape index (κ2) is 3.81. The van der Waals surface area contributed by atoms with Gasteiger partial charge in [0.2, 0.25) is 5.71 Å². The lowest BCUT2D eigenvalue weighted by molar-refractivity contribution is -0.770. The molecule has 0 saturated heterocycles. The number of nitrogens with zero attached hydrogens (tertiary/aromatic N) is 1. The summed E-state index contributed by atoms with van der Waals surface area (Å²) in [5.41, 5.74) is 1.50. The molecule has 0 spiro atoms. The molecule has 0 aliphatic carbocycles. The summed E-state index contributed by atoms with van der Waals surface area (Å²) in [7, 11) is 0. The maximum Gasteiger partial charge on any atom is 0.226 e. The molecule has 1 aliphatic heterocycles. The highest BCUT2D eigenvalue weighted by Gasteiger charge is 2.35. The minimum atomic E-state index is -0.401. The van der Waals surface area contributed by atoms with Crippen molar-refractivity contribution in [2.75, 3.05) is 0 Å². The molecule has 1 aliphatic rings. The molecule has 0 radical (unpaired) electrons. The van der Waals surface area contributed by atoms with Gasteiger partial charge in [-0.1, -0.05) is 30.3 Å². The molecule has 0 N–H and O–H groups in total. The number of benzene rings is 1. The minimum absolute atomic E-state index is 0.155. The number of hydrogen-bond donors (Lipinski definition) is 0. The molecule has 3 nitrogen and oxygen atoms in total. The van der Waals surface area contributed by atoms with E-state index in [2.05, 4.69) is 12.1 Å². The van der Waals surface area contributed by atoms with Crippen molar-refractivity contribution in [1.82, 2.24) is 0 Å². The van der Waals surface area contributed by atoms with Gasteiger partial charge < -0.3 is 4.84 Å². The first-order valence-electron chi connectivity index (χ1n) is 5.54. The summed E-state index contributed by atoms with van der Waals surface area (Å²) in [6.07, 6.45) is 0.835. The highest BCUT2D eigenvalue weighted by Crippen LogP contribution is 2.33. The van der Waals surface area contributed by atoms with Gasteiger partial charge in [-0.3, -0.25) is 5.21 Å². The molecule has 86 valence electrons. The summed E-state index contributed by atoms with van der Waals surface area (Å²) in [5.74, 6) is 0.155. The third-order valence-electron chi connectivity index (χ3n) is 3.02. The van der Waals surface area contributed by atoms with Gasteiger partial charge in [-0.25, -0.2) is 0 Å². The molecular formula is C13H17NO2. The van der Waals surface area contributed by atoms with Gasteiger partial charge in [-0.05, 0) is 25.8 Å². The van der Waals surface area contributed by atoms with Gasteiger partial charge in [0.05, 0.1) is 11.5 Å². The molecule has 16 heavy (non-hydrogen) atoms. The number of hydrogen-bond acceptors (Lipinski definition) is 2. The fraction of sp³-hybridized carbons (Fsp3) is 0.462. The first-order chi connectivity index (χ1) is 7.49. The molecule has 0 saturated carbocycles. The summed E-state index contributed by atoms with van der Waals surface area (Å²) in [4.78, 5) is 5.95. The van der Waals surface area contributed by atoms with Crippen molar-refractivity contribution in [1.29, 1.82) is 0 Å². The molecule has 0 bridgehead atoms. The largest absolute Gasteiger partial charge is 0.397 e. The Hall–Kier alpha value is -1.51. The average Bonchev–Trinajstić information content (AvgIpc) is 2.24. The summed E-state index contributed by atoms with van der Waals surface area (Å²) in [6, 6.07) is 10.1. The van der Waals surface area contributed by atoms with Crippen LogP contribution >= 0.6 is 0 Å². The van der Waals surface area contributed by atoms with Crippen LogP contribution in [0, 0.1) is 5.21 Å². The first-order valence-corrected chi connectivity index (χ1v) is 5.54. The van der Waals surface area contributed by atoms with E-state index >= 15 is 0 Å². The van der Waals surface area contributed by atoms with E-state index in [1.165, 1.54) is 5.56 Å². The Morgan fingerprint density at radius 2 is 1.94 bits per heavy atom. The third-order valence-corrected chi connectivity index (χ3v) is 3.02. The number of rotatable bonds is 1. The second-order valence-electron chi connectivity index (χ2n) is 4.92. The van der Waals surface area contributed by atoms with Crippen LogP contribution in [-0.4, -0.2) is 16.2 Å². The monoisotopic (exact) mass is 219 g/mol. The normalized spacial score (nSPS) is 24.1. The van der Waals surface area contributed by atoms with Gasteiger partial charge >= 0.3 is 0 Å². The van der Waals surface area contributed by atoms with Gasteiger partial charge in [0.1, 0.15) is 0 Å². The Morgan fingerprint density at radius 3 is 2.56 bits per heavy atom. The molecular weight excluding hydrogens is 202 g/mol. The molecule has 2 rings (SSSR count). The molecule has 0 fully saturated rings. The molecule has 0 unspecified atom stereocenters. The van der Waals surface area contributed by atoms with Crippen molar-refractivity contribution in [3.05, 3.63) is 41.1 Å². The lowest BCUT2D eigenvalue weighted by atomic mass is 9.84. The topological polar surface area (TPSA) is 35.3 Å². The molecule has 1 aromatic carbocycles. The van der Waals surface area contributed by atoms with Gasteiger partial charge in [-0.15, -0.1) is 0 Å². The third kappa shape index (κ3) is 2.03. The Kier molecular flexibility index (Phi) is 2.62. The summed E-state index contributed by atoms with van der Waals surface area (Å²) in [6.45, 7) is 5.72. The summed E-state index contributed by atoms with van der Waals surface area (Å²) < 4.78 is 0. The van der Waals surface area contributed by atoms with Crippen LogP contribution in [0.3, 0.4) is 0 Å². The standard InChI is InChI=1S/C13H17NO2/c1-10-12(11-7-5-4-6-8-11)9-13(2,3)16-14(10)15/h4-8,12H,9H2,1-3H3/t12-/m0/s1. The summed E-state index contributed by atoms with van der Waals surface area (Å²) in [5, 5.41) is 11.7. The van der Waals surface area contributed by atoms with Gasteiger partial charge in [0.25, 0.3) is 0 Å². The van der Waals surface area contributed by atoms with Crippen LogP contribution < -0.4 is 0 Å². The zero-order chi connectivity index (χ0) is 11.8. The second-order valence-corrected chi connectivity index (χ2v) is 4.92. The van der Waals surface area contributed by atoms with Crippen LogP contribution in [0.25, 0.3) is 0 Å². The van der Waals surface area contributed by atoms with E-state index in [-0.39, 0.29) is 5.92 Å². The molecule has 3 heteroatoms. The Morgan fingerprint density at radius 1 is 1.31 bits per heavy atom. The Bertz CT molecular complexity index is 409. The highest BCUT2D eigenvalue weighted by molar-refractivity contribution is 5.84. The van der Waals surface area contributed by atoms with Crippen LogP contribution in [0.15, 0.2) is 30.3 Å². The van der Waals surface area contributed by atoms with E-state index in [0.29, 0.717) is 4.90 Å². The average molecular weight is 219 g/mol. The van der Waals surface area contributed by atoms with Gasteiger partial charge in [0, 0.05) is 11.8 Å². The zero-order valence-electron chi connectivity index (χ0n) is 9.93. The SMILES string of the molecule is CC1=[N+]([O-])OC(C)(C)C[C@@H]1c1ccccc1. The van der Waals surface area contributed by atoms with Crippen molar-refractivity contribution in [2.24, 2.45) is 0 Å². The Balaban J connectivity index is 2.38. The van der Waals surface area contributed by atoms with Crippen molar-refractivity contribution >= 4 is 5.71 Å². The smallest absolute Gasteiger partial charge is 0.226 e. The van der Waals surface area contributed by atoms with E-state index in [4.69, 9.17) is 4.84 Å². The van der Waals surface area contributed by atoms with Crippen molar-refractivity contribution in [2.45, 2.75) is 38.7 Å². The quantitative estimate of drug-likeness (QED) is 0.681. The van der Waals surface area contributed by atoms with Crippen molar-refractivity contribution < 1.29 is 9.74 Å². The molecule has 0 aromatic heterocycles. The zero-order valence-corrected chi connectivity index (χ0v) is 9.93. The van der Waals surface area contributed by atoms with E-state index in [1.54, 1.807) is 0 Å². The molecule has 1 heterocycles. The minimum Gasteiger partial charge on any atom is -0.397 e. The van der Waals surface area contributed by atoms with Crippen molar-refractivity contribution in [3.63, 3.8) is 0 Å². The molecule has 1 aromatic rings. The van der Waals surface area contributed by atoms with E-state index in [0.717, 1.165) is 12.1 Å². The van der Waals surface area contributed by atoms with E-state index in [1.807, 2.05) is 39.0 Å². The van der Waals surface area contributed by atoms with Crippen LogP contribution in [0.4, 0.5) is 0 Å². The Labute approximate surface area is 95.9 Å². The fourth-order valence-corrected chi connectivity index (χ4v) is 2.14. The van der Waals surface area contributed by atoms with Gasteiger partial charge in [0.15, 0.2) is 0 Å². The maximum absolute atomic E-state index is 11.7. The fourth-order valence-electron chi connectivity index (χ4n) is 2.14.